The van der Waals surface area contributed by atoms with E-state index in [0.717, 1.165) is 24.3 Å². The Bertz CT molecular complexity index is 1370. The Kier molecular flexibility index (Phi) is 6.74. The monoisotopic (exact) mass is 493 g/mol. The summed E-state index contributed by atoms with van der Waals surface area (Å²) < 4.78 is 65.4. The van der Waals surface area contributed by atoms with Gasteiger partial charge in [-0.15, -0.1) is 0 Å². The van der Waals surface area contributed by atoms with Crippen LogP contribution in [0.5, 0.6) is 11.5 Å². The smallest absolute Gasteiger partial charge is 0.269 e. The highest BCUT2D eigenvalue weighted by atomic mass is 32.2. The van der Waals surface area contributed by atoms with Gasteiger partial charge in [-0.2, -0.15) is 0 Å². The van der Waals surface area contributed by atoms with Crippen LogP contribution in [0.4, 0.5) is 17.1 Å². The Hall–Kier alpha value is -3.84. The summed E-state index contributed by atoms with van der Waals surface area (Å²) in [4.78, 5) is 9.78. The molecule has 3 aromatic carbocycles. The molecule has 0 unspecified atom stereocenters. The van der Waals surface area contributed by atoms with E-state index in [2.05, 4.69) is 9.44 Å². The summed E-state index contributed by atoms with van der Waals surface area (Å²) in [6.07, 6.45) is 0. The van der Waals surface area contributed by atoms with Crippen molar-refractivity contribution in [3.05, 3.63) is 76.8 Å². The molecule has 0 aliphatic rings. The van der Waals surface area contributed by atoms with E-state index in [9.17, 15) is 26.9 Å². The molecule has 0 fully saturated rings. The Morgan fingerprint density at radius 1 is 0.758 bits per heavy atom. The van der Waals surface area contributed by atoms with Crippen molar-refractivity contribution in [3.8, 4) is 11.5 Å². The highest BCUT2D eigenvalue weighted by Crippen LogP contribution is 2.31. The van der Waals surface area contributed by atoms with Crippen LogP contribution in [0.25, 0.3) is 0 Å². The number of rotatable bonds is 9. The van der Waals surface area contributed by atoms with Gasteiger partial charge in [-0.3, -0.25) is 19.6 Å². The van der Waals surface area contributed by atoms with E-state index in [1.165, 1.54) is 50.6 Å². The summed E-state index contributed by atoms with van der Waals surface area (Å²) in [6.45, 7) is 0. The van der Waals surface area contributed by atoms with E-state index < -0.39 is 25.0 Å². The first-order valence-corrected chi connectivity index (χ1v) is 12.1. The molecule has 13 heteroatoms. The first kappa shape index (κ1) is 23.8. The van der Waals surface area contributed by atoms with Crippen LogP contribution in [-0.2, 0) is 20.0 Å². The van der Waals surface area contributed by atoms with E-state index in [1.807, 2.05) is 0 Å². The van der Waals surface area contributed by atoms with Crippen molar-refractivity contribution in [2.45, 2.75) is 9.79 Å². The maximum Gasteiger partial charge on any atom is 0.269 e. The number of nitro benzene ring substituents is 1. The van der Waals surface area contributed by atoms with E-state index in [0.29, 0.717) is 5.75 Å². The van der Waals surface area contributed by atoms with Gasteiger partial charge in [0.1, 0.15) is 11.5 Å². The van der Waals surface area contributed by atoms with Gasteiger partial charge in [-0.1, -0.05) is 0 Å². The number of anilines is 2. The maximum atomic E-state index is 12.7. The van der Waals surface area contributed by atoms with Crippen LogP contribution in [0.15, 0.2) is 76.5 Å². The van der Waals surface area contributed by atoms with Crippen LogP contribution in [0, 0.1) is 10.1 Å². The van der Waals surface area contributed by atoms with E-state index >= 15 is 0 Å². The SMILES string of the molecule is COc1ccc(NS(=O)(=O)c2ccc(NS(=O)(=O)c3ccc([N+](=O)[O-])cc3)cc2)c(OC)c1. The van der Waals surface area contributed by atoms with Crippen molar-refractivity contribution in [1.82, 2.24) is 0 Å². The molecule has 0 aliphatic carbocycles. The summed E-state index contributed by atoms with van der Waals surface area (Å²) in [5, 5.41) is 10.7. The normalized spacial score (nSPS) is 11.5. The van der Waals surface area contributed by atoms with Crippen molar-refractivity contribution >= 4 is 37.1 Å². The molecule has 11 nitrogen and oxygen atoms in total. The number of ether oxygens (including phenoxy) is 2. The van der Waals surface area contributed by atoms with Crippen molar-refractivity contribution in [3.63, 3.8) is 0 Å². The lowest BCUT2D eigenvalue weighted by atomic mass is 10.3. The van der Waals surface area contributed by atoms with Gasteiger partial charge in [0.25, 0.3) is 25.7 Å². The van der Waals surface area contributed by atoms with Gasteiger partial charge in [-0.25, -0.2) is 16.8 Å². The first-order chi connectivity index (χ1) is 15.6. The van der Waals surface area contributed by atoms with Gasteiger partial charge in [0.05, 0.1) is 34.6 Å². The number of nitro groups is 1. The highest BCUT2D eigenvalue weighted by molar-refractivity contribution is 7.93. The molecule has 0 aliphatic heterocycles. The molecule has 0 saturated heterocycles. The first-order valence-electron chi connectivity index (χ1n) is 9.18. The zero-order valence-electron chi connectivity index (χ0n) is 17.4. The number of hydrogen-bond donors (Lipinski definition) is 2. The molecular formula is C20H19N3O8S2. The molecular weight excluding hydrogens is 474 g/mol. The number of benzene rings is 3. The second kappa shape index (κ2) is 9.34. The maximum absolute atomic E-state index is 12.7. The van der Waals surface area contributed by atoms with E-state index in [4.69, 9.17) is 9.47 Å². The molecule has 0 spiro atoms. The zero-order chi connectivity index (χ0) is 24.2. The van der Waals surface area contributed by atoms with Crippen molar-refractivity contribution < 1.29 is 31.2 Å². The lowest BCUT2D eigenvalue weighted by Crippen LogP contribution is -2.15. The predicted molar refractivity (Wildman–Crippen MR) is 121 cm³/mol. The lowest BCUT2D eigenvalue weighted by Gasteiger charge is -2.13. The molecule has 0 amide bonds. The summed E-state index contributed by atoms with van der Waals surface area (Å²) in [5.74, 6) is 0.741. The molecule has 0 heterocycles. The average Bonchev–Trinajstić information content (AvgIpc) is 2.79. The standard InChI is InChI=1S/C20H19N3O8S2/c1-30-16-7-12-19(20(13-16)31-2)22-33(28,29)17-8-3-14(4-9-17)21-32(26,27)18-10-5-15(6-11-18)23(24)25/h3-13,21-22H,1-2H3. The zero-order valence-corrected chi connectivity index (χ0v) is 19.0. The van der Waals surface area contributed by atoms with Crippen LogP contribution in [0.1, 0.15) is 0 Å². The Morgan fingerprint density at radius 2 is 1.30 bits per heavy atom. The van der Waals surface area contributed by atoms with Gasteiger partial charge >= 0.3 is 0 Å². The van der Waals surface area contributed by atoms with Gasteiger partial charge < -0.3 is 9.47 Å². The summed E-state index contributed by atoms with van der Waals surface area (Å²) in [6, 6.07) is 13.9. The molecule has 0 aromatic heterocycles. The van der Waals surface area contributed by atoms with Gasteiger partial charge in [0.15, 0.2) is 0 Å². The number of nitrogens with one attached hydrogen (secondary N) is 2. The predicted octanol–water partition coefficient (Wildman–Crippen LogP) is 3.21. The Balaban J connectivity index is 1.78. The number of sulfonamides is 2. The van der Waals surface area contributed by atoms with Crippen molar-refractivity contribution in [1.29, 1.82) is 0 Å². The highest BCUT2D eigenvalue weighted by Gasteiger charge is 2.19. The lowest BCUT2D eigenvalue weighted by molar-refractivity contribution is -0.384. The van der Waals surface area contributed by atoms with Crippen LogP contribution in [0.3, 0.4) is 0 Å². The van der Waals surface area contributed by atoms with E-state index in [1.54, 1.807) is 6.07 Å². The summed E-state index contributed by atoms with van der Waals surface area (Å²) >= 11 is 0. The van der Waals surface area contributed by atoms with Crippen LogP contribution >= 0.6 is 0 Å². The molecule has 0 radical (unpaired) electrons. The summed E-state index contributed by atoms with van der Waals surface area (Å²) in [5.41, 5.74) is 0.0556. The molecule has 0 bridgehead atoms. The Labute approximate surface area is 190 Å². The number of non-ortho nitro benzene ring substituents is 1. The molecule has 0 saturated carbocycles. The third-order valence-electron chi connectivity index (χ3n) is 4.43. The van der Waals surface area contributed by atoms with Gasteiger partial charge in [0, 0.05) is 23.9 Å². The minimum atomic E-state index is -4.03. The largest absolute Gasteiger partial charge is 0.497 e. The van der Waals surface area contributed by atoms with Crippen LogP contribution < -0.4 is 18.9 Å². The minimum absolute atomic E-state index is 0.106. The van der Waals surface area contributed by atoms with Crippen molar-refractivity contribution in [2.75, 3.05) is 23.7 Å². The topological polar surface area (TPSA) is 154 Å². The van der Waals surface area contributed by atoms with Gasteiger partial charge in [-0.05, 0) is 48.5 Å². The third kappa shape index (κ3) is 5.51. The quantitative estimate of drug-likeness (QED) is 0.340. The fourth-order valence-electron chi connectivity index (χ4n) is 2.75. The number of methoxy groups -OCH3 is 2. The fourth-order valence-corrected chi connectivity index (χ4v) is 4.88. The van der Waals surface area contributed by atoms with Crippen molar-refractivity contribution in [2.24, 2.45) is 0 Å². The summed E-state index contributed by atoms with van der Waals surface area (Å²) in [7, 11) is -5.18. The van der Waals surface area contributed by atoms with Crippen LogP contribution in [0.2, 0.25) is 0 Å². The molecule has 33 heavy (non-hydrogen) atoms. The second-order valence-electron chi connectivity index (χ2n) is 6.55. The van der Waals surface area contributed by atoms with E-state index in [-0.39, 0.29) is 32.6 Å². The fraction of sp³-hybridized carbons (Fsp3) is 0.100. The van der Waals surface area contributed by atoms with Crippen LogP contribution in [-0.4, -0.2) is 36.0 Å². The second-order valence-corrected chi connectivity index (χ2v) is 9.92. The number of nitrogens with zero attached hydrogens (tertiary/aromatic N) is 1. The third-order valence-corrected chi connectivity index (χ3v) is 7.21. The molecule has 0 atom stereocenters. The Morgan fingerprint density at radius 3 is 1.82 bits per heavy atom. The molecule has 3 rings (SSSR count). The van der Waals surface area contributed by atoms with Gasteiger partial charge in [0.2, 0.25) is 0 Å². The minimum Gasteiger partial charge on any atom is -0.497 e. The molecule has 3 aromatic rings. The molecule has 2 N–H and O–H groups in total. The average molecular weight is 494 g/mol. The number of hydrogen-bond acceptors (Lipinski definition) is 8. The molecule has 174 valence electrons.